The number of carboxylic acid groups (broad SMARTS) is 1. The third kappa shape index (κ3) is 3.07. The first-order valence-electron chi connectivity index (χ1n) is 7.60. The van der Waals surface area contributed by atoms with Crippen molar-refractivity contribution in [1.82, 2.24) is 9.88 Å². The van der Waals surface area contributed by atoms with Crippen molar-refractivity contribution >= 4 is 34.4 Å². The van der Waals surface area contributed by atoms with Crippen molar-refractivity contribution in [2.45, 2.75) is 25.0 Å². The quantitative estimate of drug-likeness (QED) is 0.918. The van der Waals surface area contributed by atoms with Crippen molar-refractivity contribution in [2.75, 3.05) is 13.7 Å². The highest BCUT2D eigenvalue weighted by atomic mass is 35.5. The molecular formula is C17H17ClN2O4. The smallest absolute Gasteiger partial charge is 0.305 e. The topological polar surface area (TPSA) is 79.7 Å². The number of nitrogens with zero attached hydrogens (tertiary/aromatic N) is 2. The van der Waals surface area contributed by atoms with Gasteiger partial charge in [-0.2, -0.15) is 0 Å². The maximum absolute atomic E-state index is 13.0. The summed E-state index contributed by atoms with van der Waals surface area (Å²) in [5.41, 5.74) is 0.937. The van der Waals surface area contributed by atoms with Gasteiger partial charge in [-0.05, 0) is 30.7 Å². The van der Waals surface area contributed by atoms with Crippen LogP contribution < -0.4 is 0 Å². The number of aromatic nitrogens is 1. The molecule has 1 N–H and O–H groups in total. The lowest BCUT2D eigenvalue weighted by Crippen LogP contribution is -2.37. The van der Waals surface area contributed by atoms with Gasteiger partial charge in [-0.15, -0.1) is 0 Å². The van der Waals surface area contributed by atoms with Crippen molar-refractivity contribution in [1.29, 1.82) is 0 Å². The number of carboxylic acids is 1. The molecule has 1 aromatic carbocycles. The van der Waals surface area contributed by atoms with Crippen molar-refractivity contribution in [2.24, 2.45) is 0 Å². The molecule has 2 unspecified atom stereocenters. The lowest BCUT2D eigenvalue weighted by Gasteiger charge is -2.23. The highest BCUT2D eigenvalue weighted by Gasteiger charge is 2.37. The van der Waals surface area contributed by atoms with Crippen LogP contribution in [0.25, 0.3) is 10.9 Å². The van der Waals surface area contributed by atoms with Gasteiger partial charge in [-0.25, -0.2) is 0 Å². The Hall–Kier alpha value is -2.18. The number of fused-ring (bicyclic) bond motifs is 1. The van der Waals surface area contributed by atoms with E-state index in [0.29, 0.717) is 34.5 Å². The summed E-state index contributed by atoms with van der Waals surface area (Å²) in [5, 5.41) is 10.3. The lowest BCUT2D eigenvalue weighted by atomic mass is 10.1. The second-order valence-corrected chi connectivity index (χ2v) is 6.20. The Morgan fingerprint density at radius 3 is 2.92 bits per heavy atom. The Morgan fingerprint density at radius 1 is 1.42 bits per heavy atom. The molecule has 2 aromatic rings. The Labute approximate surface area is 144 Å². The van der Waals surface area contributed by atoms with Gasteiger partial charge in [0.15, 0.2) is 0 Å². The minimum atomic E-state index is -0.936. The first-order valence-corrected chi connectivity index (χ1v) is 7.98. The van der Waals surface area contributed by atoms with E-state index in [1.54, 1.807) is 42.5 Å². The summed E-state index contributed by atoms with van der Waals surface area (Å²) in [4.78, 5) is 30.0. The second kappa shape index (κ2) is 6.75. The highest BCUT2D eigenvalue weighted by Crippen LogP contribution is 2.29. The van der Waals surface area contributed by atoms with Crippen LogP contribution in [0.15, 0.2) is 30.5 Å². The van der Waals surface area contributed by atoms with E-state index < -0.39 is 12.0 Å². The number of halogens is 1. The number of carbonyl (C=O) groups excluding carboxylic acids is 1. The summed E-state index contributed by atoms with van der Waals surface area (Å²) in [7, 11) is 1.57. The number of pyridine rings is 1. The number of rotatable bonds is 4. The van der Waals surface area contributed by atoms with E-state index in [2.05, 4.69) is 4.98 Å². The summed E-state index contributed by atoms with van der Waals surface area (Å²) in [6, 6.07) is 6.46. The largest absolute Gasteiger partial charge is 0.481 e. The molecule has 1 saturated heterocycles. The summed E-state index contributed by atoms with van der Waals surface area (Å²) in [6.45, 7) is 0.365. The van der Waals surface area contributed by atoms with Gasteiger partial charge >= 0.3 is 5.97 Å². The zero-order valence-corrected chi connectivity index (χ0v) is 13.9. The summed E-state index contributed by atoms with van der Waals surface area (Å²) >= 11 is 6.17. The molecule has 6 nitrogen and oxygen atoms in total. The van der Waals surface area contributed by atoms with Gasteiger partial charge in [0, 0.05) is 31.3 Å². The van der Waals surface area contributed by atoms with Crippen molar-refractivity contribution in [3.63, 3.8) is 0 Å². The molecule has 126 valence electrons. The number of hydrogen-bond donors (Lipinski definition) is 1. The fraction of sp³-hybridized carbons (Fsp3) is 0.353. The van der Waals surface area contributed by atoms with Crippen LogP contribution in [0.2, 0.25) is 5.02 Å². The van der Waals surface area contributed by atoms with Crippen LogP contribution in [0.1, 0.15) is 23.2 Å². The molecule has 2 atom stereocenters. The second-order valence-electron chi connectivity index (χ2n) is 5.80. The molecular weight excluding hydrogens is 332 g/mol. The van der Waals surface area contributed by atoms with Crippen LogP contribution >= 0.6 is 11.6 Å². The maximum Gasteiger partial charge on any atom is 0.305 e. The Kier molecular flexibility index (Phi) is 4.69. The van der Waals surface area contributed by atoms with E-state index in [-0.39, 0.29) is 18.4 Å². The van der Waals surface area contributed by atoms with E-state index in [4.69, 9.17) is 21.4 Å². The minimum absolute atomic E-state index is 0.107. The van der Waals surface area contributed by atoms with Gasteiger partial charge in [0.05, 0.1) is 28.6 Å². The molecule has 1 aliphatic rings. The molecule has 0 radical (unpaired) electrons. The number of methoxy groups -OCH3 is 1. The van der Waals surface area contributed by atoms with Crippen LogP contribution in [-0.2, 0) is 9.53 Å². The van der Waals surface area contributed by atoms with Gasteiger partial charge in [0.2, 0.25) is 0 Å². The predicted molar refractivity (Wildman–Crippen MR) is 89.2 cm³/mol. The number of ether oxygens (including phenoxy) is 1. The van der Waals surface area contributed by atoms with E-state index in [0.717, 1.165) is 0 Å². The SMILES string of the molecule is COC1CC(CC(=O)O)N(C(=O)c2ccc(Cl)c3cccnc23)C1. The first kappa shape index (κ1) is 16.7. The van der Waals surface area contributed by atoms with Gasteiger partial charge < -0.3 is 14.7 Å². The molecule has 0 spiro atoms. The van der Waals surface area contributed by atoms with Crippen LogP contribution in [-0.4, -0.2) is 52.7 Å². The summed E-state index contributed by atoms with van der Waals surface area (Å²) < 4.78 is 5.32. The normalized spacial score (nSPS) is 20.5. The van der Waals surface area contributed by atoms with E-state index in [1.807, 2.05) is 0 Å². The average Bonchev–Trinajstić information content (AvgIpc) is 2.97. The van der Waals surface area contributed by atoms with Gasteiger partial charge in [0.25, 0.3) is 5.91 Å². The van der Waals surface area contributed by atoms with Crippen LogP contribution in [0, 0.1) is 0 Å². The fourth-order valence-corrected chi connectivity index (χ4v) is 3.37. The Balaban J connectivity index is 1.98. The molecule has 0 saturated carbocycles. The number of aliphatic carboxylic acids is 1. The average molecular weight is 349 g/mol. The molecule has 0 bridgehead atoms. The van der Waals surface area contributed by atoms with E-state index >= 15 is 0 Å². The van der Waals surface area contributed by atoms with Crippen molar-refractivity contribution in [3.8, 4) is 0 Å². The molecule has 1 aliphatic heterocycles. The van der Waals surface area contributed by atoms with Crippen LogP contribution in [0.3, 0.4) is 0 Å². The number of benzene rings is 1. The Morgan fingerprint density at radius 2 is 2.21 bits per heavy atom. The zero-order valence-electron chi connectivity index (χ0n) is 13.1. The molecule has 3 rings (SSSR count). The van der Waals surface area contributed by atoms with Crippen LogP contribution in [0.5, 0.6) is 0 Å². The number of carbonyl (C=O) groups is 2. The zero-order chi connectivity index (χ0) is 17.3. The number of likely N-dealkylation sites (tertiary alicyclic amines) is 1. The van der Waals surface area contributed by atoms with E-state index in [1.165, 1.54) is 0 Å². The third-order valence-electron chi connectivity index (χ3n) is 4.33. The van der Waals surface area contributed by atoms with Gasteiger partial charge in [-0.3, -0.25) is 14.6 Å². The van der Waals surface area contributed by atoms with Gasteiger partial charge in [-0.1, -0.05) is 11.6 Å². The molecule has 1 amide bonds. The van der Waals surface area contributed by atoms with Crippen molar-refractivity contribution < 1.29 is 19.4 Å². The molecule has 0 aliphatic carbocycles. The molecule has 1 aromatic heterocycles. The lowest BCUT2D eigenvalue weighted by molar-refractivity contribution is -0.137. The minimum Gasteiger partial charge on any atom is -0.481 e. The predicted octanol–water partition coefficient (Wildman–Crippen LogP) is 2.59. The summed E-state index contributed by atoms with van der Waals surface area (Å²) in [5.74, 6) is -1.19. The maximum atomic E-state index is 13.0. The number of amides is 1. The fourth-order valence-electron chi connectivity index (χ4n) is 3.15. The van der Waals surface area contributed by atoms with Crippen molar-refractivity contribution in [3.05, 3.63) is 41.0 Å². The highest BCUT2D eigenvalue weighted by molar-refractivity contribution is 6.36. The molecule has 2 heterocycles. The Bertz CT molecular complexity index is 795. The van der Waals surface area contributed by atoms with Gasteiger partial charge in [0.1, 0.15) is 0 Å². The monoisotopic (exact) mass is 348 g/mol. The number of hydrogen-bond acceptors (Lipinski definition) is 4. The summed E-state index contributed by atoms with van der Waals surface area (Å²) in [6.07, 6.45) is 1.84. The molecule has 7 heteroatoms. The molecule has 1 fully saturated rings. The standard InChI is InChI=1S/C17H17ClN2O4/c1-24-11-7-10(8-15(21)22)20(9-11)17(23)13-4-5-14(18)12-3-2-6-19-16(12)13/h2-6,10-11H,7-9H2,1H3,(H,21,22). The first-order chi connectivity index (χ1) is 11.5. The molecule has 24 heavy (non-hydrogen) atoms. The van der Waals surface area contributed by atoms with E-state index in [9.17, 15) is 9.59 Å². The van der Waals surface area contributed by atoms with Crippen LogP contribution in [0.4, 0.5) is 0 Å². The third-order valence-corrected chi connectivity index (χ3v) is 4.66.